The second kappa shape index (κ2) is 6.57. The summed E-state index contributed by atoms with van der Waals surface area (Å²) in [7, 11) is 0. The number of ether oxygens (including phenoxy) is 1. The monoisotopic (exact) mass is 265 g/mol. The van der Waals surface area contributed by atoms with Crippen LogP contribution >= 0.6 is 0 Å². The second-order valence-corrected chi connectivity index (χ2v) is 5.24. The summed E-state index contributed by atoms with van der Waals surface area (Å²) in [6, 6.07) is 5.83. The van der Waals surface area contributed by atoms with Gasteiger partial charge in [-0.2, -0.15) is 0 Å². The van der Waals surface area contributed by atoms with Gasteiger partial charge < -0.3 is 15.2 Å². The summed E-state index contributed by atoms with van der Waals surface area (Å²) in [4.78, 5) is 11.6. The first-order valence-electron chi connectivity index (χ1n) is 6.52. The van der Waals surface area contributed by atoms with Crippen LogP contribution in [0.25, 0.3) is 0 Å². The fourth-order valence-electron chi connectivity index (χ4n) is 1.63. The number of hydrogen-bond acceptors (Lipinski definition) is 3. The molecule has 4 heteroatoms. The summed E-state index contributed by atoms with van der Waals surface area (Å²) in [6.45, 7) is 7.73. The number of benzene rings is 1. The summed E-state index contributed by atoms with van der Waals surface area (Å²) in [5.41, 5.74) is 1.34. The normalized spacial score (nSPS) is 13.7. The van der Waals surface area contributed by atoms with E-state index in [0.29, 0.717) is 12.2 Å². The van der Waals surface area contributed by atoms with Gasteiger partial charge in [-0.05, 0) is 50.5 Å². The smallest absolute Gasteiger partial charge is 0.258 e. The number of aryl methyl sites for hydroxylation is 2. The average molecular weight is 265 g/mol. The van der Waals surface area contributed by atoms with E-state index in [1.54, 1.807) is 6.92 Å². The third-order valence-corrected chi connectivity index (χ3v) is 2.99. The zero-order valence-corrected chi connectivity index (χ0v) is 12.1. The minimum Gasteiger partial charge on any atom is -0.484 e. The van der Waals surface area contributed by atoms with Crippen molar-refractivity contribution in [1.29, 1.82) is 0 Å². The van der Waals surface area contributed by atoms with Crippen molar-refractivity contribution in [2.45, 2.75) is 39.7 Å². The topological polar surface area (TPSA) is 58.6 Å². The lowest BCUT2D eigenvalue weighted by atomic mass is 10.0. The number of carbonyl (C=O) groups is 1. The Labute approximate surface area is 114 Å². The Hall–Kier alpha value is -1.55. The molecule has 0 saturated heterocycles. The molecule has 1 atom stereocenters. The van der Waals surface area contributed by atoms with Crippen molar-refractivity contribution < 1.29 is 14.6 Å². The van der Waals surface area contributed by atoms with E-state index >= 15 is 0 Å². The van der Waals surface area contributed by atoms with Crippen LogP contribution < -0.4 is 10.1 Å². The predicted molar refractivity (Wildman–Crippen MR) is 75.3 cm³/mol. The molecule has 106 valence electrons. The molecular weight excluding hydrogens is 242 g/mol. The first kappa shape index (κ1) is 15.5. The number of carbonyl (C=O) groups excluding carboxylic acids is 1. The Balaban J connectivity index is 2.42. The van der Waals surface area contributed by atoms with Gasteiger partial charge in [0.15, 0.2) is 6.61 Å². The van der Waals surface area contributed by atoms with Gasteiger partial charge in [0.25, 0.3) is 5.91 Å². The maximum atomic E-state index is 11.6. The van der Waals surface area contributed by atoms with Crippen LogP contribution in [0.1, 0.15) is 31.4 Å². The number of rotatable bonds is 6. The highest BCUT2D eigenvalue weighted by molar-refractivity contribution is 5.77. The van der Waals surface area contributed by atoms with Gasteiger partial charge in [-0.3, -0.25) is 4.79 Å². The number of amides is 1. The first-order chi connectivity index (χ1) is 8.82. The fourth-order valence-corrected chi connectivity index (χ4v) is 1.63. The van der Waals surface area contributed by atoms with Crippen LogP contribution in [0, 0.1) is 13.8 Å². The van der Waals surface area contributed by atoms with Gasteiger partial charge in [-0.15, -0.1) is 0 Å². The summed E-state index contributed by atoms with van der Waals surface area (Å²) >= 11 is 0. The molecule has 0 heterocycles. The van der Waals surface area contributed by atoms with Crippen molar-refractivity contribution in [3.63, 3.8) is 0 Å². The predicted octanol–water partition coefficient (Wildman–Crippen LogP) is 1.96. The van der Waals surface area contributed by atoms with Gasteiger partial charge in [0.05, 0.1) is 5.60 Å². The number of nitrogens with one attached hydrogen (secondary N) is 1. The lowest BCUT2D eigenvalue weighted by Gasteiger charge is -2.21. The second-order valence-electron chi connectivity index (χ2n) is 5.24. The molecule has 0 aliphatic carbocycles. The fraction of sp³-hybridized carbons (Fsp3) is 0.533. The minimum atomic E-state index is -0.865. The lowest BCUT2D eigenvalue weighted by molar-refractivity contribution is -0.124. The van der Waals surface area contributed by atoms with E-state index in [9.17, 15) is 9.90 Å². The van der Waals surface area contributed by atoms with Crippen LogP contribution in [0.2, 0.25) is 0 Å². The molecule has 0 bridgehead atoms. The zero-order valence-electron chi connectivity index (χ0n) is 12.1. The van der Waals surface area contributed by atoms with E-state index in [1.165, 1.54) is 0 Å². The average Bonchev–Trinajstić information content (AvgIpc) is 2.33. The molecule has 0 aromatic heterocycles. The molecule has 0 fully saturated rings. The standard InChI is InChI=1S/C15H23NO3/c1-5-15(4,18)10-16-14(17)9-19-13-7-11(2)6-12(3)8-13/h6-8,18H,5,9-10H2,1-4H3,(H,16,17). The molecular formula is C15H23NO3. The molecule has 1 aromatic rings. The highest BCUT2D eigenvalue weighted by Gasteiger charge is 2.18. The highest BCUT2D eigenvalue weighted by Crippen LogP contribution is 2.16. The van der Waals surface area contributed by atoms with E-state index in [0.717, 1.165) is 11.1 Å². The van der Waals surface area contributed by atoms with Gasteiger partial charge in [0.2, 0.25) is 0 Å². The lowest BCUT2D eigenvalue weighted by Crippen LogP contribution is -2.41. The first-order valence-corrected chi connectivity index (χ1v) is 6.52. The minimum absolute atomic E-state index is 0.0390. The molecule has 1 unspecified atom stereocenters. The van der Waals surface area contributed by atoms with Gasteiger partial charge in [0, 0.05) is 6.54 Å². The summed E-state index contributed by atoms with van der Waals surface area (Å²) in [6.07, 6.45) is 0.589. The van der Waals surface area contributed by atoms with Gasteiger partial charge in [-0.25, -0.2) is 0 Å². The molecule has 1 aromatic carbocycles. The van der Waals surface area contributed by atoms with Crippen LogP contribution in [-0.2, 0) is 4.79 Å². The SMILES string of the molecule is CCC(C)(O)CNC(=O)COc1cc(C)cc(C)c1. The maximum Gasteiger partial charge on any atom is 0.258 e. The third kappa shape index (κ3) is 5.75. The maximum absolute atomic E-state index is 11.6. The molecule has 0 spiro atoms. The van der Waals surface area contributed by atoms with Crippen LogP contribution in [0.5, 0.6) is 5.75 Å². The highest BCUT2D eigenvalue weighted by atomic mass is 16.5. The van der Waals surface area contributed by atoms with E-state index in [-0.39, 0.29) is 19.1 Å². The van der Waals surface area contributed by atoms with Crippen LogP contribution in [0.15, 0.2) is 18.2 Å². The summed E-state index contributed by atoms with van der Waals surface area (Å²) in [5, 5.41) is 12.4. The van der Waals surface area contributed by atoms with Gasteiger partial charge in [-0.1, -0.05) is 13.0 Å². The molecule has 0 saturated carbocycles. The summed E-state index contributed by atoms with van der Waals surface area (Å²) < 4.78 is 5.43. The van der Waals surface area contributed by atoms with Crippen molar-refractivity contribution in [1.82, 2.24) is 5.32 Å². The zero-order chi connectivity index (χ0) is 14.5. The van der Waals surface area contributed by atoms with Crippen LogP contribution in [0.4, 0.5) is 0 Å². The number of aliphatic hydroxyl groups is 1. The largest absolute Gasteiger partial charge is 0.484 e. The van der Waals surface area contributed by atoms with E-state index in [2.05, 4.69) is 5.32 Å². The van der Waals surface area contributed by atoms with E-state index < -0.39 is 5.60 Å². The van der Waals surface area contributed by atoms with Crippen molar-refractivity contribution in [3.8, 4) is 5.75 Å². The van der Waals surface area contributed by atoms with Crippen molar-refractivity contribution >= 4 is 5.91 Å². The van der Waals surface area contributed by atoms with Crippen molar-refractivity contribution in [2.75, 3.05) is 13.2 Å². The number of hydrogen-bond donors (Lipinski definition) is 2. The molecule has 19 heavy (non-hydrogen) atoms. The molecule has 4 nitrogen and oxygen atoms in total. The van der Waals surface area contributed by atoms with Crippen molar-refractivity contribution in [3.05, 3.63) is 29.3 Å². The molecule has 2 N–H and O–H groups in total. The quantitative estimate of drug-likeness (QED) is 0.826. The van der Waals surface area contributed by atoms with Crippen LogP contribution in [-0.4, -0.2) is 29.8 Å². The Morgan fingerprint density at radius 2 is 1.89 bits per heavy atom. The molecule has 0 radical (unpaired) electrons. The molecule has 0 aliphatic heterocycles. The van der Waals surface area contributed by atoms with Crippen LogP contribution in [0.3, 0.4) is 0 Å². The van der Waals surface area contributed by atoms with Gasteiger partial charge in [0.1, 0.15) is 5.75 Å². The Morgan fingerprint density at radius 3 is 2.42 bits per heavy atom. The molecule has 1 amide bonds. The van der Waals surface area contributed by atoms with E-state index in [1.807, 2.05) is 39.0 Å². The Morgan fingerprint density at radius 1 is 1.32 bits per heavy atom. The van der Waals surface area contributed by atoms with E-state index in [4.69, 9.17) is 4.74 Å². The third-order valence-electron chi connectivity index (χ3n) is 2.99. The molecule has 0 aliphatic rings. The van der Waals surface area contributed by atoms with Crippen molar-refractivity contribution in [2.24, 2.45) is 0 Å². The Bertz CT molecular complexity index is 421. The Kier molecular flexibility index (Phi) is 5.36. The molecule has 1 rings (SSSR count). The summed E-state index contributed by atoms with van der Waals surface area (Å²) in [5.74, 6) is 0.461. The van der Waals surface area contributed by atoms with Gasteiger partial charge >= 0.3 is 0 Å².